The number of halogens is 3. The summed E-state index contributed by atoms with van der Waals surface area (Å²) in [7, 11) is -1.53. The smallest absolute Gasteiger partial charge is 0.416 e. The van der Waals surface area contributed by atoms with Gasteiger partial charge in [-0.2, -0.15) is 13.2 Å². The first-order valence-corrected chi connectivity index (χ1v) is 11.7. The van der Waals surface area contributed by atoms with Gasteiger partial charge >= 0.3 is 12.1 Å². The Hall–Kier alpha value is -3.33. The molecule has 3 aromatic carbocycles. The van der Waals surface area contributed by atoms with E-state index in [-0.39, 0.29) is 17.3 Å². The average Bonchev–Trinajstić information content (AvgIpc) is 2.80. The quantitative estimate of drug-likeness (QED) is 0.393. The first kappa shape index (κ1) is 25.3. The van der Waals surface area contributed by atoms with E-state index in [0.29, 0.717) is 5.75 Å². The molecule has 0 amide bonds. The lowest BCUT2D eigenvalue weighted by atomic mass is 10.0. The Balaban J connectivity index is 1.69. The van der Waals surface area contributed by atoms with Crippen molar-refractivity contribution in [3.8, 4) is 17.2 Å². The van der Waals surface area contributed by atoms with Crippen LogP contribution in [0.3, 0.4) is 0 Å². The van der Waals surface area contributed by atoms with Crippen LogP contribution in [0.15, 0.2) is 78.9 Å². The molecule has 0 aliphatic carbocycles. The standard InChI is InChI=1S/C25H23F3O5S/c1-17(34(31)16-18-6-4-3-5-7-18)24(2,23(29)30)33-22-14-12-21(13-15-22)32-20-10-8-19(9-11-20)25(26,27)28/h3-15,17H,16H2,1-2H3,(H,29,30). The third kappa shape index (κ3) is 6.17. The van der Waals surface area contributed by atoms with Crippen LogP contribution in [-0.4, -0.2) is 26.1 Å². The van der Waals surface area contributed by atoms with Gasteiger partial charge < -0.3 is 14.6 Å². The van der Waals surface area contributed by atoms with Gasteiger partial charge in [0.15, 0.2) is 0 Å². The first-order chi connectivity index (χ1) is 16.0. The van der Waals surface area contributed by atoms with Crippen LogP contribution in [0.5, 0.6) is 17.2 Å². The van der Waals surface area contributed by atoms with E-state index in [1.54, 1.807) is 6.92 Å². The van der Waals surface area contributed by atoms with Crippen molar-refractivity contribution >= 4 is 16.8 Å². The third-order valence-corrected chi connectivity index (χ3v) is 7.17. The van der Waals surface area contributed by atoms with Crippen LogP contribution in [-0.2, 0) is 27.5 Å². The molecule has 5 nitrogen and oxygen atoms in total. The number of ether oxygens (including phenoxy) is 2. The molecular weight excluding hydrogens is 469 g/mol. The second-order valence-corrected chi connectivity index (χ2v) is 9.52. The molecule has 3 rings (SSSR count). The average molecular weight is 493 g/mol. The van der Waals surface area contributed by atoms with Gasteiger partial charge in [0, 0.05) is 16.6 Å². The number of carboxylic acid groups (broad SMARTS) is 1. The lowest BCUT2D eigenvalue weighted by Crippen LogP contribution is -2.52. The fraction of sp³-hybridized carbons (Fsp3) is 0.240. The van der Waals surface area contributed by atoms with Crippen molar-refractivity contribution in [3.05, 3.63) is 90.0 Å². The second-order valence-electron chi connectivity index (χ2n) is 7.76. The van der Waals surface area contributed by atoms with E-state index >= 15 is 0 Å². The van der Waals surface area contributed by atoms with Gasteiger partial charge in [0.2, 0.25) is 5.60 Å². The van der Waals surface area contributed by atoms with Gasteiger partial charge in [-0.15, -0.1) is 0 Å². The molecule has 3 atom stereocenters. The molecule has 9 heteroatoms. The Morgan fingerprint density at radius 1 is 0.912 bits per heavy atom. The number of benzene rings is 3. The van der Waals surface area contributed by atoms with Gasteiger partial charge in [-0.1, -0.05) is 30.3 Å². The van der Waals surface area contributed by atoms with Crippen molar-refractivity contribution in [3.63, 3.8) is 0 Å². The highest BCUT2D eigenvalue weighted by atomic mass is 32.2. The van der Waals surface area contributed by atoms with E-state index in [9.17, 15) is 27.3 Å². The highest BCUT2D eigenvalue weighted by Gasteiger charge is 2.45. The summed E-state index contributed by atoms with van der Waals surface area (Å²) >= 11 is 0. The summed E-state index contributed by atoms with van der Waals surface area (Å²) < 4.78 is 62.2. The predicted molar refractivity (Wildman–Crippen MR) is 122 cm³/mol. The third-order valence-electron chi connectivity index (χ3n) is 5.32. The summed E-state index contributed by atoms with van der Waals surface area (Å²) in [6.45, 7) is 2.94. The zero-order valence-electron chi connectivity index (χ0n) is 18.4. The number of hydrogen-bond acceptors (Lipinski definition) is 4. The maximum Gasteiger partial charge on any atom is 0.416 e. The van der Waals surface area contributed by atoms with Crippen molar-refractivity contribution in [1.82, 2.24) is 0 Å². The maximum absolute atomic E-state index is 12.9. The minimum Gasteiger partial charge on any atom is -0.478 e. The molecule has 3 unspecified atom stereocenters. The lowest BCUT2D eigenvalue weighted by Gasteiger charge is -2.31. The highest BCUT2D eigenvalue weighted by molar-refractivity contribution is 7.85. The second kappa shape index (κ2) is 10.3. The predicted octanol–water partition coefficient (Wildman–Crippen LogP) is 6.06. The Morgan fingerprint density at radius 3 is 1.91 bits per heavy atom. The monoisotopic (exact) mass is 492 g/mol. The van der Waals surface area contributed by atoms with Crippen molar-refractivity contribution < 1.29 is 36.8 Å². The summed E-state index contributed by atoms with van der Waals surface area (Å²) in [5.41, 5.74) is -1.73. The fourth-order valence-corrected chi connectivity index (χ4v) is 4.51. The molecule has 0 aliphatic heterocycles. The number of carbonyl (C=O) groups is 1. The molecule has 180 valence electrons. The van der Waals surface area contributed by atoms with Crippen molar-refractivity contribution in [1.29, 1.82) is 0 Å². The van der Waals surface area contributed by atoms with E-state index in [0.717, 1.165) is 17.7 Å². The van der Waals surface area contributed by atoms with Crippen LogP contribution in [0.4, 0.5) is 13.2 Å². The largest absolute Gasteiger partial charge is 0.478 e. The zero-order chi connectivity index (χ0) is 24.9. The van der Waals surface area contributed by atoms with E-state index in [2.05, 4.69) is 0 Å². The van der Waals surface area contributed by atoms with Gasteiger partial charge in [0.05, 0.1) is 10.8 Å². The number of carboxylic acids is 1. The first-order valence-electron chi connectivity index (χ1n) is 10.3. The topological polar surface area (TPSA) is 72.8 Å². The summed E-state index contributed by atoms with van der Waals surface area (Å²) in [4.78, 5) is 12.1. The Labute approximate surface area is 197 Å². The maximum atomic E-state index is 12.9. The SMILES string of the molecule is CC(S(=O)Cc1ccccc1)C(C)(Oc1ccc(Oc2ccc(C(F)(F)F)cc2)cc1)C(=O)O. The number of rotatable bonds is 9. The zero-order valence-corrected chi connectivity index (χ0v) is 19.2. The molecule has 1 N–H and O–H groups in total. The molecule has 3 aromatic rings. The Kier molecular flexibility index (Phi) is 7.66. The molecule has 0 heterocycles. The van der Waals surface area contributed by atoms with Gasteiger partial charge in [-0.3, -0.25) is 4.21 Å². The normalized spacial score (nSPS) is 15.1. The summed E-state index contributed by atoms with van der Waals surface area (Å²) in [6.07, 6.45) is -4.43. The van der Waals surface area contributed by atoms with Gasteiger partial charge in [0.25, 0.3) is 0 Å². The summed E-state index contributed by atoms with van der Waals surface area (Å²) in [5.74, 6) is -0.319. The highest BCUT2D eigenvalue weighted by Crippen LogP contribution is 2.32. The molecule has 0 bridgehead atoms. The molecule has 0 fully saturated rings. The van der Waals surface area contributed by atoms with Crippen LogP contribution in [0, 0.1) is 0 Å². The summed E-state index contributed by atoms with van der Waals surface area (Å²) in [5, 5.41) is 9.00. The van der Waals surface area contributed by atoms with Crippen molar-refractivity contribution in [2.75, 3.05) is 0 Å². The number of aliphatic carboxylic acids is 1. The van der Waals surface area contributed by atoms with Crippen LogP contribution < -0.4 is 9.47 Å². The van der Waals surface area contributed by atoms with Crippen LogP contribution in [0.25, 0.3) is 0 Å². The Bertz CT molecular complexity index is 1130. The van der Waals surface area contributed by atoms with Crippen LogP contribution >= 0.6 is 0 Å². The van der Waals surface area contributed by atoms with Gasteiger partial charge in [-0.25, -0.2) is 4.79 Å². The molecule has 0 radical (unpaired) electrons. The minimum absolute atomic E-state index is 0.189. The molecule has 0 aliphatic rings. The summed E-state index contributed by atoms with van der Waals surface area (Å²) in [6, 6.07) is 19.3. The molecule has 0 aromatic heterocycles. The van der Waals surface area contributed by atoms with Crippen LogP contribution in [0.1, 0.15) is 25.0 Å². The molecule has 0 saturated heterocycles. The number of hydrogen-bond donors (Lipinski definition) is 1. The van der Waals surface area contributed by atoms with Crippen molar-refractivity contribution in [2.45, 2.75) is 36.6 Å². The van der Waals surface area contributed by atoms with Crippen molar-refractivity contribution in [2.24, 2.45) is 0 Å². The van der Waals surface area contributed by atoms with E-state index in [1.165, 1.54) is 43.3 Å². The molecule has 0 spiro atoms. The van der Waals surface area contributed by atoms with Gasteiger partial charge in [0.1, 0.15) is 17.2 Å². The molecule has 0 saturated carbocycles. The minimum atomic E-state index is -4.43. The van der Waals surface area contributed by atoms with Gasteiger partial charge in [-0.05, 0) is 67.9 Å². The van der Waals surface area contributed by atoms with E-state index in [1.807, 2.05) is 30.3 Å². The fourth-order valence-electron chi connectivity index (χ4n) is 3.08. The Morgan fingerprint density at radius 2 is 1.41 bits per heavy atom. The number of alkyl halides is 3. The molecule has 34 heavy (non-hydrogen) atoms. The van der Waals surface area contributed by atoms with E-state index in [4.69, 9.17) is 9.47 Å². The lowest BCUT2D eigenvalue weighted by molar-refractivity contribution is -0.153. The van der Waals surface area contributed by atoms with Crippen LogP contribution in [0.2, 0.25) is 0 Å². The van der Waals surface area contributed by atoms with E-state index < -0.39 is 39.4 Å². The molecular formula is C25H23F3O5S.